The van der Waals surface area contributed by atoms with Crippen LogP contribution in [0.15, 0.2) is 23.3 Å². The van der Waals surface area contributed by atoms with Gasteiger partial charge in [0.05, 0.1) is 18.4 Å². The fourth-order valence-electron chi connectivity index (χ4n) is 1.74. The second-order valence-corrected chi connectivity index (χ2v) is 4.80. The lowest BCUT2D eigenvalue weighted by Crippen LogP contribution is -2.38. The van der Waals surface area contributed by atoms with Gasteiger partial charge in [-0.15, -0.1) is 0 Å². The zero-order valence-electron chi connectivity index (χ0n) is 13.7. The lowest BCUT2D eigenvalue weighted by molar-refractivity contribution is -0.139. The Kier molecular flexibility index (Phi) is 7.97. The van der Waals surface area contributed by atoms with E-state index in [1.807, 2.05) is 6.92 Å². The highest BCUT2D eigenvalue weighted by molar-refractivity contribution is 6.35. The van der Waals surface area contributed by atoms with Crippen LogP contribution in [0.4, 0.5) is 0 Å². The molecule has 0 radical (unpaired) electrons. The number of amides is 2. The van der Waals surface area contributed by atoms with E-state index in [0.717, 1.165) is 12.8 Å². The summed E-state index contributed by atoms with van der Waals surface area (Å²) >= 11 is 0. The maximum Gasteiger partial charge on any atom is 0.335 e. The number of rotatable bonds is 8. The molecule has 0 aliphatic heterocycles. The van der Waals surface area contributed by atoms with Crippen molar-refractivity contribution in [2.45, 2.75) is 26.7 Å². The van der Waals surface area contributed by atoms with Gasteiger partial charge in [0, 0.05) is 12.1 Å². The van der Waals surface area contributed by atoms with Crippen molar-refractivity contribution in [3.05, 3.63) is 29.3 Å². The molecule has 2 amide bonds. The van der Waals surface area contributed by atoms with Gasteiger partial charge in [0.15, 0.2) is 0 Å². The average Bonchev–Trinajstić information content (AvgIpc) is 2.56. The molecule has 1 aromatic carbocycles. The second kappa shape index (κ2) is 9.98. The van der Waals surface area contributed by atoms with Crippen molar-refractivity contribution in [1.29, 1.82) is 0 Å². The largest absolute Gasteiger partial charge is 0.493 e. The Morgan fingerprint density at radius 2 is 2.00 bits per heavy atom. The first-order valence-electron chi connectivity index (χ1n) is 7.61. The molecule has 3 N–H and O–H groups in total. The summed E-state index contributed by atoms with van der Waals surface area (Å²) in [7, 11) is 0. The minimum Gasteiger partial charge on any atom is -0.493 e. The lowest BCUT2D eigenvalue weighted by Gasteiger charge is -2.07. The van der Waals surface area contributed by atoms with E-state index in [9.17, 15) is 14.4 Å². The number of hydrogen-bond donors (Lipinski definition) is 3. The number of ether oxygens (including phenoxy) is 1. The van der Waals surface area contributed by atoms with Gasteiger partial charge < -0.3 is 15.2 Å². The molecule has 0 fully saturated rings. The van der Waals surface area contributed by atoms with Crippen molar-refractivity contribution in [1.82, 2.24) is 10.7 Å². The SMILES string of the molecule is CCCCNC(=O)C(=O)N/N=C\c1cc(C(=O)O)ccc1OCC. The van der Waals surface area contributed by atoms with E-state index in [1.54, 1.807) is 6.92 Å². The number of nitrogens with one attached hydrogen (secondary N) is 2. The Balaban J connectivity index is 2.74. The molecular formula is C16H21N3O5. The molecule has 0 atom stereocenters. The number of hydrazone groups is 1. The summed E-state index contributed by atoms with van der Waals surface area (Å²) in [5.41, 5.74) is 2.53. The minimum absolute atomic E-state index is 0.0588. The number of carboxylic acid groups (broad SMARTS) is 1. The monoisotopic (exact) mass is 335 g/mol. The van der Waals surface area contributed by atoms with Crippen molar-refractivity contribution in [2.24, 2.45) is 5.10 Å². The van der Waals surface area contributed by atoms with E-state index in [-0.39, 0.29) is 5.56 Å². The average molecular weight is 335 g/mol. The van der Waals surface area contributed by atoms with Crippen LogP contribution in [0.25, 0.3) is 0 Å². The molecule has 0 aliphatic rings. The van der Waals surface area contributed by atoms with Gasteiger partial charge in [0.25, 0.3) is 0 Å². The Morgan fingerprint density at radius 1 is 1.25 bits per heavy atom. The highest BCUT2D eigenvalue weighted by atomic mass is 16.5. The lowest BCUT2D eigenvalue weighted by atomic mass is 10.1. The molecule has 1 rings (SSSR count). The molecule has 0 unspecified atom stereocenters. The molecule has 1 aromatic rings. The van der Waals surface area contributed by atoms with Crippen LogP contribution in [0.2, 0.25) is 0 Å². The molecule has 24 heavy (non-hydrogen) atoms. The Morgan fingerprint density at radius 3 is 2.62 bits per heavy atom. The predicted molar refractivity (Wildman–Crippen MR) is 88.2 cm³/mol. The quantitative estimate of drug-likeness (QED) is 0.285. The van der Waals surface area contributed by atoms with E-state index in [1.165, 1.54) is 24.4 Å². The molecule has 130 valence electrons. The van der Waals surface area contributed by atoms with E-state index < -0.39 is 17.8 Å². The topological polar surface area (TPSA) is 117 Å². The summed E-state index contributed by atoms with van der Waals surface area (Å²) in [4.78, 5) is 34.0. The number of nitrogens with zero attached hydrogens (tertiary/aromatic N) is 1. The summed E-state index contributed by atoms with van der Waals surface area (Å²) in [5.74, 6) is -2.33. The number of hydrogen-bond acceptors (Lipinski definition) is 5. The summed E-state index contributed by atoms with van der Waals surface area (Å²) in [5, 5.41) is 15.1. The summed E-state index contributed by atoms with van der Waals surface area (Å²) in [6, 6.07) is 4.28. The van der Waals surface area contributed by atoms with Crippen LogP contribution in [0.5, 0.6) is 5.75 Å². The maximum atomic E-state index is 11.6. The molecule has 0 aliphatic carbocycles. The summed E-state index contributed by atoms with van der Waals surface area (Å²) < 4.78 is 5.37. The zero-order chi connectivity index (χ0) is 17.9. The third kappa shape index (κ3) is 6.07. The van der Waals surface area contributed by atoms with Gasteiger partial charge in [-0.1, -0.05) is 13.3 Å². The van der Waals surface area contributed by atoms with Crippen molar-refractivity contribution in [3.63, 3.8) is 0 Å². The van der Waals surface area contributed by atoms with Gasteiger partial charge in [-0.2, -0.15) is 5.10 Å². The van der Waals surface area contributed by atoms with Gasteiger partial charge in [-0.25, -0.2) is 10.2 Å². The second-order valence-electron chi connectivity index (χ2n) is 4.80. The number of carbonyl (C=O) groups excluding carboxylic acids is 2. The van der Waals surface area contributed by atoms with Crippen LogP contribution in [0, 0.1) is 0 Å². The molecule has 0 saturated heterocycles. The highest BCUT2D eigenvalue weighted by Gasteiger charge is 2.12. The van der Waals surface area contributed by atoms with Gasteiger partial charge >= 0.3 is 17.8 Å². The van der Waals surface area contributed by atoms with Crippen molar-refractivity contribution >= 4 is 24.0 Å². The van der Waals surface area contributed by atoms with E-state index >= 15 is 0 Å². The smallest absolute Gasteiger partial charge is 0.335 e. The summed E-state index contributed by atoms with van der Waals surface area (Å²) in [6.45, 7) is 4.56. The normalized spacial score (nSPS) is 10.4. The van der Waals surface area contributed by atoms with Crippen molar-refractivity contribution in [3.8, 4) is 5.75 Å². The molecule has 8 heteroatoms. The van der Waals surface area contributed by atoms with Gasteiger partial charge in [-0.05, 0) is 31.5 Å². The van der Waals surface area contributed by atoms with E-state index in [2.05, 4.69) is 15.8 Å². The Bertz CT molecular complexity index is 628. The molecule has 0 heterocycles. The number of unbranched alkanes of at least 4 members (excludes halogenated alkanes) is 1. The third-order valence-electron chi connectivity index (χ3n) is 2.95. The molecule has 0 aromatic heterocycles. The fourth-order valence-corrected chi connectivity index (χ4v) is 1.74. The number of aromatic carboxylic acids is 1. The minimum atomic E-state index is -1.09. The summed E-state index contributed by atoms with van der Waals surface area (Å²) in [6.07, 6.45) is 2.91. The standard InChI is InChI=1S/C16H21N3O5/c1-3-5-8-17-14(20)15(21)19-18-10-12-9-11(16(22)23)6-7-13(12)24-4-2/h6-7,9-10H,3-5,8H2,1-2H3,(H,17,20)(H,19,21)(H,22,23)/b18-10-. The third-order valence-corrected chi connectivity index (χ3v) is 2.95. The maximum absolute atomic E-state index is 11.6. The first-order chi connectivity index (χ1) is 11.5. The first-order valence-corrected chi connectivity index (χ1v) is 7.61. The van der Waals surface area contributed by atoms with E-state index in [0.29, 0.717) is 24.5 Å². The Hall–Kier alpha value is -2.90. The van der Waals surface area contributed by atoms with Crippen LogP contribution in [-0.2, 0) is 9.59 Å². The zero-order valence-corrected chi connectivity index (χ0v) is 13.7. The van der Waals surface area contributed by atoms with Crippen LogP contribution >= 0.6 is 0 Å². The molecule has 8 nitrogen and oxygen atoms in total. The fraction of sp³-hybridized carbons (Fsp3) is 0.375. The number of benzene rings is 1. The van der Waals surface area contributed by atoms with Crippen LogP contribution < -0.4 is 15.5 Å². The van der Waals surface area contributed by atoms with Crippen molar-refractivity contribution < 1.29 is 24.2 Å². The van der Waals surface area contributed by atoms with Gasteiger partial charge in [0.2, 0.25) is 0 Å². The Labute approximate surface area is 139 Å². The van der Waals surface area contributed by atoms with Gasteiger partial charge in [-0.3, -0.25) is 9.59 Å². The highest BCUT2D eigenvalue weighted by Crippen LogP contribution is 2.18. The molecular weight excluding hydrogens is 314 g/mol. The molecule has 0 spiro atoms. The van der Waals surface area contributed by atoms with Crippen LogP contribution in [-0.4, -0.2) is 42.3 Å². The van der Waals surface area contributed by atoms with Gasteiger partial charge in [0.1, 0.15) is 5.75 Å². The number of carboxylic acids is 1. The first kappa shape index (κ1) is 19.1. The van der Waals surface area contributed by atoms with Crippen molar-refractivity contribution in [2.75, 3.05) is 13.2 Å². The molecule has 0 bridgehead atoms. The molecule has 0 saturated carbocycles. The van der Waals surface area contributed by atoms with Crippen LogP contribution in [0.3, 0.4) is 0 Å². The predicted octanol–water partition coefficient (Wildman–Crippen LogP) is 1.15. The van der Waals surface area contributed by atoms with Crippen LogP contribution in [0.1, 0.15) is 42.6 Å². The number of carbonyl (C=O) groups is 3. The van der Waals surface area contributed by atoms with E-state index in [4.69, 9.17) is 9.84 Å².